The van der Waals surface area contributed by atoms with Crippen LogP contribution in [-0.2, 0) is 36.9 Å². The molecule has 2 heterocycles. The Balaban J connectivity index is 0.000000286. The fourth-order valence-corrected chi connectivity index (χ4v) is 5.50. The smallest absolute Gasteiger partial charge is 0.410 e. The van der Waals surface area contributed by atoms with Crippen molar-refractivity contribution in [2.24, 2.45) is 11.8 Å². The number of carbonyl (C=O) groups is 3. The summed E-state index contributed by atoms with van der Waals surface area (Å²) in [5, 5.41) is 0. The number of terminal acetylenes is 2. The van der Waals surface area contributed by atoms with Gasteiger partial charge in [0.25, 0.3) is 0 Å². The van der Waals surface area contributed by atoms with Crippen molar-refractivity contribution < 1.29 is 38.1 Å². The topological polar surface area (TPSA) is 104 Å². The van der Waals surface area contributed by atoms with Crippen LogP contribution in [0.3, 0.4) is 0 Å². The number of benzene rings is 2. The molecule has 0 radical (unpaired) electrons. The summed E-state index contributed by atoms with van der Waals surface area (Å²) in [5.41, 5.74) is 1.03. The zero-order valence-electron chi connectivity index (χ0n) is 31.6. The predicted octanol–water partition coefficient (Wildman–Crippen LogP) is 8.70. The van der Waals surface area contributed by atoms with Crippen LogP contribution in [0.25, 0.3) is 0 Å². The molecule has 290 valence electrons. The molecule has 2 aliphatic rings. The molecule has 53 heavy (non-hydrogen) atoms. The van der Waals surface area contributed by atoms with Gasteiger partial charge in [-0.1, -0.05) is 60.7 Å². The van der Waals surface area contributed by atoms with Gasteiger partial charge in [-0.3, -0.25) is 0 Å². The summed E-state index contributed by atoms with van der Waals surface area (Å²) in [5.74, 6) is 6.51. The first-order chi connectivity index (χ1) is 25.5. The van der Waals surface area contributed by atoms with Gasteiger partial charge in [-0.05, 0) is 69.4 Å². The van der Waals surface area contributed by atoms with E-state index in [1.54, 1.807) is 9.80 Å². The van der Waals surface area contributed by atoms with Gasteiger partial charge in [0.1, 0.15) is 12.2 Å². The van der Waals surface area contributed by atoms with Gasteiger partial charge in [0.15, 0.2) is 0 Å². The third-order valence-corrected chi connectivity index (χ3v) is 8.39. The van der Waals surface area contributed by atoms with Crippen LogP contribution in [0, 0.1) is 36.5 Å². The maximum absolute atomic E-state index is 11.9. The van der Waals surface area contributed by atoms with E-state index in [4.69, 9.17) is 43.4 Å². The van der Waals surface area contributed by atoms with E-state index in [2.05, 4.69) is 16.6 Å². The Kier molecular flexibility index (Phi) is 22.5. The molecule has 0 saturated carbocycles. The van der Waals surface area contributed by atoms with E-state index >= 15 is 0 Å². The normalized spacial score (nSPS) is 14.6. The van der Waals surface area contributed by atoms with Crippen LogP contribution in [0.15, 0.2) is 60.7 Å². The Bertz CT molecular complexity index is 1390. The van der Waals surface area contributed by atoms with Gasteiger partial charge < -0.3 is 33.5 Å². The van der Waals surface area contributed by atoms with Gasteiger partial charge in [0, 0.05) is 57.0 Å². The van der Waals surface area contributed by atoms with Gasteiger partial charge >= 0.3 is 17.6 Å². The van der Waals surface area contributed by atoms with Crippen molar-refractivity contribution in [2.45, 2.75) is 84.5 Å². The third-order valence-electron chi connectivity index (χ3n) is 8.28. The summed E-state index contributed by atoms with van der Waals surface area (Å²) < 4.78 is 25.9. The van der Waals surface area contributed by atoms with E-state index in [-0.39, 0.29) is 18.8 Å². The van der Waals surface area contributed by atoms with E-state index in [0.717, 1.165) is 75.8 Å². The lowest BCUT2D eigenvalue weighted by Gasteiger charge is -2.32. The van der Waals surface area contributed by atoms with Crippen molar-refractivity contribution in [1.29, 1.82) is 0 Å². The summed E-state index contributed by atoms with van der Waals surface area (Å²) in [4.78, 5) is 37.4. The van der Waals surface area contributed by atoms with Crippen LogP contribution in [0.4, 0.5) is 14.4 Å². The Hall–Kier alpha value is -4.22. The number of likely N-dealkylation sites (tertiary alicyclic amines) is 2. The molecule has 0 unspecified atom stereocenters. The second kappa shape index (κ2) is 26.5. The fourth-order valence-electron chi connectivity index (χ4n) is 5.42. The first-order valence-electron chi connectivity index (χ1n) is 18.3. The molecule has 2 aromatic rings. The molecular weight excluding hydrogens is 696 g/mol. The van der Waals surface area contributed by atoms with Crippen molar-refractivity contribution in [1.82, 2.24) is 9.80 Å². The number of rotatable bonds is 13. The number of piperidine rings is 2. The Morgan fingerprint density at radius 3 is 1.57 bits per heavy atom. The average Bonchev–Trinajstić information content (AvgIpc) is 3.14. The molecule has 10 nitrogen and oxygen atoms in total. The lowest BCUT2D eigenvalue weighted by Crippen LogP contribution is -2.41. The summed E-state index contributed by atoms with van der Waals surface area (Å²) in [6.45, 7) is 11.3. The lowest BCUT2D eigenvalue weighted by atomic mass is 9.94. The number of hydrogen-bond acceptors (Lipinski definition) is 8. The molecule has 2 amide bonds. The highest BCUT2D eigenvalue weighted by Gasteiger charge is 2.26. The maximum Gasteiger partial charge on any atom is 0.410 e. The molecule has 0 N–H and O–H groups in total. The van der Waals surface area contributed by atoms with Crippen molar-refractivity contribution in [2.75, 3.05) is 52.6 Å². The highest BCUT2D eigenvalue weighted by Crippen LogP contribution is 2.22. The van der Waals surface area contributed by atoms with Crippen molar-refractivity contribution in [3.63, 3.8) is 0 Å². The van der Waals surface area contributed by atoms with Gasteiger partial charge in [-0.15, -0.1) is 24.7 Å². The Labute approximate surface area is 321 Å². The molecule has 2 aromatic carbocycles. The number of carbonyl (C=O) groups excluding carboxylic acids is 3. The van der Waals surface area contributed by atoms with Crippen molar-refractivity contribution in [3.05, 3.63) is 71.8 Å². The van der Waals surface area contributed by atoms with E-state index < -0.39 is 11.0 Å². The monoisotopic (exact) mass is 752 g/mol. The highest BCUT2D eigenvalue weighted by atomic mass is 35.5. The molecule has 2 aliphatic heterocycles. The Morgan fingerprint density at radius 1 is 0.679 bits per heavy atom. The quantitative estimate of drug-likeness (QED) is 0.0867. The van der Waals surface area contributed by atoms with Crippen LogP contribution in [0.1, 0.15) is 76.8 Å². The first-order valence-corrected chi connectivity index (χ1v) is 18.7. The minimum Gasteiger partial charge on any atom is -0.451 e. The third kappa shape index (κ3) is 21.8. The molecule has 2 saturated heterocycles. The SMILES string of the molecule is C#CCC1CCN(C(=O)OC(C)(C)C)CC1.C#CCC1CCN(C(=O)OCCCOCc2ccccc2)CC1.O=C(Cl)OCCOCc1ccccc1. The molecule has 2 fully saturated rings. The van der Waals surface area contributed by atoms with Gasteiger partial charge in [0.2, 0.25) is 0 Å². The minimum atomic E-state index is -0.798. The fraction of sp³-hybridized carbons (Fsp3) is 0.548. The molecule has 0 aromatic heterocycles. The molecule has 0 atom stereocenters. The zero-order valence-corrected chi connectivity index (χ0v) is 32.4. The van der Waals surface area contributed by atoms with E-state index in [1.165, 1.54) is 0 Å². The van der Waals surface area contributed by atoms with E-state index in [0.29, 0.717) is 51.3 Å². The molecule has 4 rings (SSSR count). The van der Waals surface area contributed by atoms with Crippen LogP contribution in [0.2, 0.25) is 0 Å². The second-order valence-corrected chi connectivity index (χ2v) is 14.1. The average molecular weight is 753 g/mol. The minimum absolute atomic E-state index is 0.190. The number of nitrogens with zero attached hydrogens (tertiary/aromatic N) is 2. The van der Waals surface area contributed by atoms with E-state index in [9.17, 15) is 14.4 Å². The number of amides is 2. The Morgan fingerprint density at radius 2 is 1.13 bits per heavy atom. The first kappa shape index (κ1) is 44.9. The van der Waals surface area contributed by atoms with Crippen molar-refractivity contribution >= 4 is 29.2 Å². The molecule has 0 bridgehead atoms. The van der Waals surface area contributed by atoms with Crippen LogP contribution < -0.4 is 0 Å². The predicted molar refractivity (Wildman–Crippen MR) is 207 cm³/mol. The summed E-state index contributed by atoms with van der Waals surface area (Å²) >= 11 is 4.96. The largest absolute Gasteiger partial charge is 0.451 e. The summed E-state index contributed by atoms with van der Waals surface area (Å²) in [7, 11) is 0. The van der Waals surface area contributed by atoms with Crippen LogP contribution in [0.5, 0.6) is 0 Å². The molecule has 11 heteroatoms. The van der Waals surface area contributed by atoms with Crippen LogP contribution in [-0.4, -0.2) is 85.6 Å². The zero-order chi connectivity index (χ0) is 38.7. The number of ether oxygens (including phenoxy) is 5. The van der Waals surface area contributed by atoms with E-state index in [1.807, 2.05) is 81.4 Å². The highest BCUT2D eigenvalue weighted by molar-refractivity contribution is 6.61. The molecule has 0 spiro atoms. The summed E-state index contributed by atoms with van der Waals surface area (Å²) in [6, 6.07) is 19.8. The molecular formula is C42H57ClN2O8. The van der Waals surface area contributed by atoms with Gasteiger partial charge in [0.05, 0.1) is 33.0 Å². The lowest BCUT2D eigenvalue weighted by molar-refractivity contribution is 0.0185. The summed E-state index contributed by atoms with van der Waals surface area (Å²) in [6.07, 6.45) is 16.5. The second-order valence-electron chi connectivity index (χ2n) is 13.8. The van der Waals surface area contributed by atoms with Crippen LogP contribution >= 0.6 is 11.6 Å². The van der Waals surface area contributed by atoms with Crippen molar-refractivity contribution in [3.8, 4) is 24.7 Å². The molecule has 0 aliphatic carbocycles. The van der Waals surface area contributed by atoms with Gasteiger partial charge in [-0.2, -0.15) is 0 Å². The number of hydrogen-bond donors (Lipinski definition) is 0. The number of halogens is 1. The standard InChI is InChI=1S/C19H25NO3.C13H21NO2.C10H11ClO3/c1-2-7-17-10-12-20(13-11-17)19(21)23-15-6-14-22-16-18-8-4-3-5-9-18;1-5-6-11-7-9-14(10-8-11)12(15)16-13(2,3)4;11-10(12)14-7-6-13-8-9-4-2-1-3-5-9/h1,3-5,8-9,17H,6-7,10-16H2;1,11H,6-10H2,2-4H3;1-5H,6-8H2. The maximum atomic E-state index is 11.9. The van der Waals surface area contributed by atoms with Gasteiger partial charge in [-0.25, -0.2) is 14.4 Å².